The van der Waals surface area contributed by atoms with Crippen molar-refractivity contribution < 1.29 is 4.39 Å². The van der Waals surface area contributed by atoms with Crippen LogP contribution in [0.3, 0.4) is 0 Å². The third-order valence-corrected chi connectivity index (χ3v) is 3.04. The van der Waals surface area contributed by atoms with E-state index in [0.717, 1.165) is 38.2 Å². The Balaban J connectivity index is 1.82. The van der Waals surface area contributed by atoms with Crippen LogP contribution in [0, 0.1) is 5.92 Å². The van der Waals surface area contributed by atoms with Gasteiger partial charge in [0.1, 0.15) is 0 Å². The molecule has 2 nitrogen and oxygen atoms in total. The number of likely N-dealkylation sites (tertiary alicyclic amines) is 1. The Labute approximate surface area is 90.1 Å². The summed E-state index contributed by atoms with van der Waals surface area (Å²) in [5.41, 5.74) is 1.11. The minimum absolute atomic E-state index is 0.155. The van der Waals surface area contributed by atoms with E-state index in [1.165, 1.54) is 0 Å². The van der Waals surface area contributed by atoms with Crippen LogP contribution in [0.2, 0.25) is 0 Å². The first-order valence-corrected chi connectivity index (χ1v) is 5.56. The highest BCUT2D eigenvalue weighted by atomic mass is 19.1. The van der Waals surface area contributed by atoms with Gasteiger partial charge in [-0.1, -0.05) is 6.07 Å². The van der Waals surface area contributed by atoms with Crippen LogP contribution in [0.5, 0.6) is 0 Å². The Bertz CT molecular complexity index is 281. The van der Waals surface area contributed by atoms with Gasteiger partial charge in [0.2, 0.25) is 0 Å². The van der Waals surface area contributed by atoms with E-state index < -0.39 is 0 Å². The van der Waals surface area contributed by atoms with Gasteiger partial charge in [-0.3, -0.25) is 14.3 Å². The highest BCUT2D eigenvalue weighted by Crippen LogP contribution is 2.18. The van der Waals surface area contributed by atoms with Crippen LogP contribution in [0.15, 0.2) is 24.4 Å². The van der Waals surface area contributed by atoms with E-state index in [4.69, 9.17) is 0 Å². The van der Waals surface area contributed by atoms with E-state index in [2.05, 4.69) is 9.88 Å². The lowest BCUT2D eigenvalue weighted by molar-refractivity contribution is 0.158. The van der Waals surface area contributed by atoms with Crippen LogP contribution in [0.25, 0.3) is 0 Å². The molecule has 0 bridgehead atoms. The average molecular weight is 208 g/mol. The summed E-state index contributed by atoms with van der Waals surface area (Å²) in [6.45, 7) is 2.76. The molecule has 82 valence electrons. The van der Waals surface area contributed by atoms with Crippen molar-refractivity contribution in [3.63, 3.8) is 0 Å². The number of hydrogen-bond donors (Lipinski definition) is 0. The van der Waals surface area contributed by atoms with E-state index in [1.807, 2.05) is 24.4 Å². The Hall–Kier alpha value is -0.960. The number of hydrogen-bond acceptors (Lipinski definition) is 2. The lowest BCUT2D eigenvalue weighted by Crippen LogP contribution is -2.34. The predicted octanol–water partition coefficient (Wildman–Crippen LogP) is 2.26. The van der Waals surface area contributed by atoms with E-state index >= 15 is 0 Å². The molecule has 0 amide bonds. The van der Waals surface area contributed by atoms with E-state index in [9.17, 15) is 4.39 Å². The first kappa shape index (κ1) is 10.6. The second kappa shape index (κ2) is 5.21. The van der Waals surface area contributed by atoms with Crippen molar-refractivity contribution in [2.75, 3.05) is 19.8 Å². The van der Waals surface area contributed by atoms with Crippen LogP contribution in [-0.4, -0.2) is 29.6 Å². The summed E-state index contributed by atoms with van der Waals surface area (Å²) < 4.78 is 12.4. The molecule has 1 fully saturated rings. The Morgan fingerprint density at radius 1 is 1.33 bits per heavy atom. The lowest BCUT2D eigenvalue weighted by atomic mass is 9.98. The van der Waals surface area contributed by atoms with Gasteiger partial charge in [-0.05, 0) is 44.0 Å². The second-order valence-electron chi connectivity index (χ2n) is 4.19. The number of halogens is 1. The van der Waals surface area contributed by atoms with Crippen molar-refractivity contribution in [1.82, 2.24) is 9.88 Å². The zero-order chi connectivity index (χ0) is 10.5. The van der Waals surface area contributed by atoms with E-state index in [1.54, 1.807) is 0 Å². The third-order valence-electron chi connectivity index (χ3n) is 3.04. The van der Waals surface area contributed by atoms with Gasteiger partial charge in [-0.2, -0.15) is 0 Å². The number of alkyl halides is 1. The maximum Gasteiger partial charge on any atom is 0.0923 e. The summed E-state index contributed by atoms with van der Waals surface area (Å²) in [5.74, 6) is 0.296. The minimum Gasteiger partial charge on any atom is -0.297 e. The Morgan fingerprint density at radius 2 is 2.13 bits per heavy atom. The molecular weight excluding hydrogens is 191 g/mol. The predicted molar refractivity (Wildman–Crippen MR) is 58.2 cm³/mol. The van der Waals surface area contributed by atoms with E-state index in [0.29, 0.717) is 5.92 Å². The average Bonchev–Trinajstić information content (AvgIpc) is 2.31. The van der Waals surface area contributed by atoms with Gasteiger partial charge in [-0.15, -0.1) is 0 Å². The fourth-order valence-electron chi connectivity index (χ4n) is 2.02. The van der Waals surface area contributed by atoms with Gasteiger partial charge >= 0.3 is 0 Å². The SMILES string of the molecule is FCC1CCN(Cc2ccccn2)CC1. The largest absolute Gasteiger partial charge is 0.297 e. The zero-order valence-corrected chi connectivity index (χ0v) is 8.90. The van der Waals surface area contributed by atoms with Gasteiger partial charge in [0.15, 0.2) is 0 Å². The summed E-state index contributed by atoms with van der Waals surface area (Å²) in [4.78, 5) is 6.65. The number of rotatable bonds is 3. The molecule has 0 aromatic carbocycles. The summed E-state index contributed by atoms with van der Waals surface area (Å²) in [6.07, 6.45) is 3.80. The third kappa shape index (κ3) is 2.99. The van der Waals surface area contributed by atoms with Crippen molar-refractivity contribution in [3.8, 4) is 0 Å². The van der Waals surface area contributed by atoms with Crippen LogP contribution in [0.4, 0.5) is 4.39 Å². The van der Waals surface area contributed by atoms with Crippen molar-refractivity contribution in [2.24, 2.45) is 5.92 Å². The molecule has 1 aliphatic rings. The van der Waals surface area contributed by atoms with Gasteiger partial charge in [0.25, 0.3) is 0 Å². The summed E-state index contributed by atoms with van der Waals surface area (Å²) in [6, 6.07) is 5.98. The highest BCUT2D eigenvalue weighted by Gasteiger charge is 2.18. The lowest BCUT2D eigenvalue weighted by Gasteiger charge is -2.30. The van der Waals surface area contributed by atoms with Gasteiger partial charge < -0.3 is 0 Å². The number of nitrogens with zero attached hydrogens (tertiary/aromatic N) is 2. The molecule has 2 heterocycles. The van der Waals surface area contributed by atoms with Gasteiger partial charge in [0, 0.05) is 12.7 Å². The topological polar surface area (TPSA) is 16.1 Å². The summed E-state index contributed by atoms with van der Waals surface area (Å²) in [5, 5.41) is 0. The summed E-state index contributed by atoms with van der Waals surface area (Å²) in [7, 11) is 0. The standard InChI is InChI=1S/C12H17FN2/c13-9-11-4-7-15(8-5-11)10-12-3-1-2-6-14-12/h1-3,6,11H,4-5,7-10H2. The molecule has 1 aromatic rings. The minimum atomic E-state index is -0.155. The molecule has 0 unspecified atom stereocenters. The maximum absolute atomic E-state index is 12.4. The molecule has 1 saturated heterocycles. The fraction of sp³-hybridized carbons (Fsp3) is 0.583. The van der Waals surface area contributed by atoms with Crippen LogP contribution in [-0.2, 0) is 6.54 Å². The smallest absolute Gasteiger partial charge is 0.0923 e. The fourth-order valence-corrected chi connectivity index (χ4v) is 2.02. The van der Waals surface area contributed by atoms with Crippen molar-refractivity contribution in [1.29, 1.82) is 0 Å². The normalized spacial score (nSPS) is 19.3. The van der Waals surface area contributed by atoms with Crippen LogP contribution in [0.1, 0.15) is 18.5 Å². The second-order valence-corrected chi connectivity index (χ2v) is 4.19. The molecule has 0 atom stereocenters. The Kier molecular flexibility index (Phi) is 3.67. The first-order chi connectivity index (χ1) is 7.38. The molecule has 0 spiro atoms. The monoisotopic (exact) mass is 208 g/mol. The summed E-state index contributed by atoms with van der Waals surface area (Å²) >= 11 is 0. The molecule has 1 aromatic heterocycles. The maximum atomic E-state index is 12.4. The van der Waals surface area contributed by atoms with Gasteiger partial charge in [0.05, 0.1) is 12.4 Å². The molecule has 2 rings (SSSR count). The van der Waals surface area contributed by atoms with Crippen molar-refractivity contribution in [3.05, 3.63) is 30.1 Å². The number of pyridine rings is 1. The van der Waals surface area contributed by atoms with Crippen LogP contribution < -0.4 is 0 Å². The molecule has 0 radical (unpaired) electrons. The van der Waals surface area contributed by atoms with E-state index in [-0.39, 0.29) is 6.67 Å². The molecule has 0 aliphatic carbocycles. The zero-order valence-electron chi connectivity index (χ0n) is 8.90. The molecule has 15 heavy (non-hydrogen) atoms. The number of piperidine rings is 1. The van der Waals surface area contributed by atoms with Crippen molar-refractivity contribution in [2.45, 2.75) is 19.4 Å². The first-order valence-electron chi connectivity index (χ1n) is 5.56. The molecule has 0 N–H and O–H groups in total. The molecule has 3 heteroatoms. The highest BCUT2D eigenvalue weighted by molar-refractivity contribution is 5.03. The molecule has 1 aliphatic heterocycles. The Morgan fingerprint density at radius 3 is 2.73 bits per heavy atom. The molecular formula is C12H17FN2. The van der Waals surface area contributed by atoms with Crippen LogP contribution >= 0.6 is 0 Å². The number of aromatic nitrogens is 1. The quantitative estimate of drug-likeness (QED) is 0.757. The van der Waals surface area contributed by atoms with Crippen molar-refractivity contribution >= 4 is 0 Å². The molecule has 0 saturated carbocycles. The van der Waals surface area contributed by atoms with Gasteiger partial charge in [-0.25, -0.2) is 0 Å².